The number of rotatable bonds is 0. The van der Waals surface area contributed by atoms with Crippen LogP contribution in [-0.2, 0) is 0 Å². The minimum absolute atomic E-state index is 0.0674. The van der Waals surface area contributed by atoms with Crippen LogP contribution >= 0.6 is 12.6 Å². The number of carbonyl (C=O) groups is 2. The minimum Gasteiger partial charge on any atom is -0.363 e. The summed E-state index contributed by atoms with van der Waals surface area (Å²) in [6.07, 6.45) is 2.29. The van der Waals surface area contributed by atoms with Crippen LogP contribution in [0.3, 0.4) is 0 Å². The van der Waals surface area contributed by atoms with E-state index in [1.165, 1.54) is 0 Å². The molecule has 0 N–H and O–H groups in total. The second kappa shape index (κ2) is 2.31. The SMILES string of the molecule is O=C1C(S)=CC(=O)c2nocc21. The quantitative estimate of drug-likeness (QED) is 0.603. The van der Waals surface area contributed by atoms with E-state index in [9.17, 15) is 9.59 Å². The number of aromatic nitrogens is 1. The first kappa shape index (κ1) is 7.30. The molecule has 5 heteroatoms. The van der Waals surface area contributed by atoms with Gasteiger partial charge in [0.15, 0.2) is 5.69 Å². The molecule has 0 unspecified atom stereocenters. The van der Waals surface area contributed by atoms with Crippen LogP contribution in [0.2, 0.25) is 0 Å². The van der Waals surface area contributed by atoms with Gasteiger partial charge in [-0.15, -0.1) is 12.6 Å². The van der Waals surface area contributed by atoms with E-state index in [1.807, 2.05) is 0 Å². The van der Waals surface area contributed by atoms with E-state index >= 15 is 0 Å². The number of allylic oxidation sites excluding steroid dienone is 2. The molecule has 0 bridgehead atoms. The van der Waals surface area contributed by atoms with Crippen LogP contribution in [0.25, 0.3) is 0 Å². The lowest BCUT2D eigenvalue weighted by Crippen LogP contribution is -2.12. The third-order valence-electron chi connectivity index (χ3n) is 1.55. The van der Waals surface area contributed by atoms with Gasteiger partial charge >= 0.3 is 0 Å². The zero-order chi connectivity index (χ0) is 8.72. The highest BCUT2D eigenvalue weighted by molar-refractivity contribution is 7.85. The summed E-state index contributed by atoms with van der Waals surface area (Å²) in [6, 6.07) is 0. The number of nitrogens with zero attached hydrogens (tertiary/aromatic N) is 1. The molecule has 1 aliphatic rings. The van der Waals surface area contributed by atoms with Crippen molar-refractivity contribution in [2.75, 3.05) is 0 Å². The van der Waals surface area contributed by atoms with E-state index in [4.69, 9.17) is 0 Å². The second-order valence-electron chi connectivity index (χ2n) is 2.30. The van der Waals surface area contributed by atoms with Crippen LogP contribution in [0.15, 0.2) is 21.8 Å². The van der Waals surface area contributed by atoms with Crippen LogP contribution in [0.5, 0.6) is 0 Å². The number of carbonyl (C=O) groups excluding carboxylic acids is 2. The van der Waals surface area contributed by atoms with Crippen molar-refractivity contribution in [2.45, 2.75) is 0 Å². The maximum atomic E-state index is 11.2. The molecule has 1 aromatic heterocycles. The van der Waals surface area contributed by atoms with E-state index in [0.717, 1.165) is 12.3 Å². The highest BCUT2D eigenvalue weighted by atomic mass is 32.1. The molecule has 0 radical (unpaired) electrons. The molecule has 60 valence electrons. The Bertz CT molecular complexity index is 405. The molecule has 0 fully saturated rings. The fraction of sp³-hybridized carbons (Fsp3) is 0. The lowest BCUT2D eigenvalue weighted by Gasteiger charge is -2.02. The number of Topliss-reactive ketones (excluding diaryl/α,β-unsaturated/α-hetero) is 1. The van der Waals surface area contributed by atoms with Crippen LogP contribution < -0.4 is 0 Å². The van der Waals surface area contributed by atoms with Gasteiger partial charge in [-0.3, -0.25) is 9.59 Å². The van der Waals surface area contributed by atoms with Crippen LogP contribution in [-0.4, -0.2) is 16.7 Å². The molecule has 0 atom stereocenters. The second-order valence-corrected chi connectivity index (χ2v) is 2.78. The van der Waals surface area contributed by atoms with Gasteiger partial charge < -0.3 is 4.52 Å². The van der Waals surface area contributed by atoms with Gasteiger partial charge in [0.2, 0.25) is 11.6 Å². The molecule has 0 saturated carbocycles. The summed E-state index contributed by atoms with van der Waals surface area (Å²) < 4.78 is 4.50. The molecule has 0 saturated heterocycles. The number of hydrogen-bond acceptors (Lipinski definition) is 5. The van der Waals surface area contributed by atoms with Crippen molar-refractivity contribution in [2.24, 2.45) is 0 Å². The molecular formula is C7H3NO3S. The van der Waals surface area contributed by atoms with E-state index < -0.39 is 0 Å². The van der Waals surface area contributed by atoms with Gasteiger partial charge in [-0.1, -0.05) is 5.16 Å². The summed E-state index contributed by atoms with van der Waals surface area (Å²) in [5.74, 6) is -0.669. The monoisotopic (exact) mass is 181 g/mol. The summed E-state index contributed by atoms with van der Waals surface area (Å²) in [5, 5.41) is 3.40. The number of thiol groups is 1. The molecule has 12 heavy (non-hydrogen) atoms. The Labute approximate surface area is 72.6 Å². The van der Waals surface area contributed by atoms with Gasteiger partial charge in [-0.25, -0.2) is 0 Å². The number of fused-ring (bicyclic) bond motifs is 1. The Morgan fingerprint density at radius 3 is 2.92 bits per heavy atom. The van der Waals surface area contributed by atoms with Crippen molar-refractivity contribution < 1.29 is 14.1 Å². The summed E-state index contributed by atoms with van der Waals surface area (Å²) in [6.45, 7) is 0. The molecule has 0 amide bonds. The van der Waals surface area contributed by atoms with Crippen LogP contribution in [0.4, 0.5) is 0 Å². The first-order chi connectivity index (χ1) is 5.70. The summed E-state index contributed by atoms with van der Waals surface area (Å²) in [7, 11) is 0. The fourth-order valence-electron chi connectivity index (χ4n) is 0.972. The fourth-order valence-corrected chi connectivity index (χ4v) is 1.21. The zero-order valence-corrected chi connectivity index (χ0v) is 6.67. The lowest BCUT2D eigenvalue weighted by molar-refractivity contribution is 0.0988. The molecule has 1 aromatic rings. The maximum absolute atomic E-state index is 11.2. The molecule has 0 spiro atoms. The Hall–Kier alpha value is -1.36. The Morgan fingerprint density at radius 1 is 1.42 bits per heavy atom. The van der Waals surface area contributed by atoms with E-state index in [1.54, 1.807) is 0 Å². The molecule has 0 aromatic carbocycles. The molecule has 1 heterocycles. The lowest BCUT2D eigenvalue weighted by atomic mass is 10.0. The van der Waals surface area contributed by atoms with Gasteiger partial charge in [0.1, 0.15) is 6.26 Å². The highest BCUT2D eigenvalue weighted by Gasteiger charge is 2.27. The van der Waals surface area contributed by atoms with Crippen molar-refractivity contribution >= 4 is 24.2 Å². The van der Waals surface area contributed by atoms with Gasteiger partial charge in [0.05, 0.1) is 10.5 Å². The maximum Gasteiger partial charge on any atom is 0.209 e. The molecule has 0 aliphatic heterocycles. The van der Waals surface area contributed by atoms with Gasteiger partial charge in [-0.05, 0) is 0 Å². The third-order valence-corrected chi connectivity index (χ3v) is 1.88. The summed E-state index contributed by atoms with van der Waals surface area (Å²) in [5.41, 5.74) is 0.255. The van der Waals surface area contributed by atoms with Crippen molar-refractivity contribution in [1.29, 1.82) is 0 Å². The smallest absolute Gasteiger partial charge is 0.209 e. The molecule has 2 rings (SSSR count). The van der Waals surface area contributed by atoms with Crippen LogP contribution in [0, 0.1) is 0 Å². The number of hydrogen-bond donors (Lipinski definition) is 1. The van der Waals surface area contributed by atoms with Gasteiger partial charge in [-0.2, -0.15) is 0 Å². The Balaban J connectivity index is 2.67. The average Bonchev–Trinajstić information content (AvgIpc) is 2.48. The first-order valence-electron chi connectivity index (χ1n) is 3.14. The summed E-state index contributed by atoms with van der Waals surface area (Å²) in [4.78, 5) is 22.4. The predicted octanol–water partition coefficient (Wildman–Crippen LogP) is 0.867. The first-order valence-corrected chi connectivity index (χ1v) is 3.59. The topological polar surface area (TPSA) is 60.2 Å². The van der Waals surface area contributed by atoms with E-state index in [-0.39, 0.29) is 27.7 Å². The van der Waals surface area contributed by atoms with Crippen LogP contribution in [0.1, 0.15) is 20.8 Å². The normalized spacial score (nSPS) is 15.9. The molecule has 4 nitrogen and oxygen atoms in total. The van der Waals surface area contributed by atoms with E-state index in [2.05, 4.69) is 22.3 Å². The van der Waals surface area contributed by atoms with Crippen molar-refractivity contribution in [3.8, 4) is 0 Å². The van der Waals surface area contributed by atoms with Crippen molar-refractivity contribution in [3.05, 3.63) is 28.5 Å². The third kappa shape index (κ3) is 0.831. The zero-order valence-electron chi connectivity index (χ0n) is 5.77. The largest absolute Gasteiger partial charge is 0.363 e. The van der Waals surface area contributed by atoms with E-state index in [0.29, 0.717) is 0 Å². The Morgan fingerprint density at radius 2 is 2.17 bits per heavy atom. The van der Waals surface area contributed by atoms with Gasteiger partial charge in [0.25, 0.3) is 0 Å². The highest BCUT2D eigenvalue weighted by Crippen LogP contribution is 2.21. The summed E-state index contributed by atoms with van der Waals surface area (Å²) >= 11 is 3.84. The molecular weight excluding hydrogens is 178 g/mol. The standard InChI is InChI=1S/C7H3NO3S/c9-4-1-5(12)7(10)3-2-11-8-6(3)4/h1-2,12H. The van der Waals surface area contributed by atoms with Crippen molar-refractivity contribution in [3.63, 3.8) is 0 Å². The molecule has 1 aliphatic carbocycles. The average molecular weight is 181 g/mol. The number of ketones is 2. The predicted molar refractivity (Wildman–Crippen MR) is 42.2 cm³/mol. The Kier molecular flexibility index (Phi) is 1.41. The van der Waals surface area contributed by atoms with Gasteiger partial charge in [0, 0.05) is 6.08 Å². The van der Waals surface area contributed by atoms with Crippen molar-refractivity contribution in [1.82, 2.24) is 5.16 Å². The minimum atomic E-state index is -0.344.